The van der Waals surface area contributed by atoms with Gasteiger partial charge in [0.15, 0.2) is 0 Å². The second-order valence-electron chi connectivity index (χ2n) is 10.7. The molecule has 4 aliphatic rings. The van der Waals surface area contributed by atoms with Crippen LogP contribution < -0.4 is 0 Å². The van der Waals surface area contributed by atoms with E-state index in [1.165, 1.54) is 25.7 Å². The summed E-state index contributed by atoms with van der Waals surface area (Å²) >= 11 is -1.66. The van der Waals surface area contributed by atoms with Gasteiger partial charge in [0.2, 0.25) is 0 Å². The molecule has 0 aromatic rings. The molecule has 0 saturated heterocycles. The summed E-state index contributed by atoms with van der Waals surface area (Å²) in [7, 11) is 0. The fraction of sp³-hybridized carbons (Fsp3) is 0.692. The molecule has 0 aliphatic heterocycles. The summed E-state index contributed by atoms with van der Waals surface area (Å²) in [6.07, 6.45) is 20.5. The van der Waals surface area contributed by atoms with E-state index >= 15 is 0 Å². The molecular weight excluding hydrogens is 432 g/mol. The number of hydrogen-bond donors (Lipinski definition) is 0. The Kier molecular flexibility index (Phi) is 6.59. The molecule has 2 heteroatoms. The van der Waals surface area contributed by atoms with Gasteiger partial charge in [0.05, 0.1) is 0 Å². The standard InChI is InChI=1S/2C12H17.C2H6Si.Zr/c2*1-9-7-11-6-4-3-5-10(2)12(11)8-9;1-3-2;/h2*3-4,6-7,9-10,12H,5,8H2,1-2H3;1-2H3;. The zero-order valence-electron chi connectivity index (χ0n) is 18.9. The van der Waals surface area contributed by atoms with Gasteiger partial charge in [-0.1, -0.05) is 0 Å². The Morgan fingerprint density at radius 2 is 1.14 bits per heavy atom. The van der Waals surface area contributed by atoms with E-state index in [2.05, 4.69) is 77.2 Å². The van der Waals surface area contributed by atoms with Crippen LogP contribution in [0, 0.1) is 35.5 Å². The van der Waals surface area contributed by atoms with Crippen molar-refractivity contribution in [3.05, 3.63) is 47.6 Å². The maximum atomic E-state index is 2.70. The van der Waals surface area contributed by atoms with Crippen molar-refractivity contribution in [3.8, 4) is 0 Å². The molecule has 8 atom stereocenters. The van der Waals surface area contributed by atoms with Gasteiger partial charge in [0, 0.05) is 0 Å². The average molecular weight is 472 g/mol. The molecule has 4 aliphatic carbocycles. The Morgan fingerprint density at radius 3 is 1.54 bits per heavy atom. The molecule has 0 spiro atoms. The molecule has 0 radical (unpaired) electrons. The second kappa shape index (κ2) is 8.66. The van der Waals surface area contributed by atoms with Crippen molar-refractivity contribution >= 4 is 5.43 Å². The monoisotopic (exact) mass is 470 g/mol. The second-order valence-corrected chi connectivity index (χ2v) is 28.8. The van der Waals surface area contributed by atoms with Gasteiger partial charge < -0.3 is 0 Å². The van der Waals surface area contributed by atoms with Gasteiger partial charge in [0.1, 0.15) is 0 Å². The van der Waals surface area contributed by atoms with Gasteiger partial charge in [-0.2, -0.15) is 0 Å². The molecule has 0 N–H and O–H groups in total. The first kappa shape index (κ1) is 21.3. The van der Waals surface area contributed by atoms with Crippen molar-refractivity contribution < 1.29 is 20.4 Å². The fourth-order valence-corrected chi connectivity index (χ4v) is 30.8. The van der Waals surface area contributed by atoms with Gasteiger partial charge in [-0.25, -0.2) is 0 Å². The van der Waals surface area contributed by atoms with Crippen LogP contribution in [0.2, 0.25) is 20.3 Å². The van der Waals surface area contributed by atoms with E-state index in [1.807, 2.05) is 11.1 Å². The van der Waals surface area contributed by atoms with E-state index in [0.717, 1.165) is 42.8 Å². The SMILES string of the molecule is CC1CC=CC=C2C1CC(C)[CH]2[Zr]([CH]1C2=CC=CCC(C)C2CC1C)=[Si](C)C. The van der Waals surface area contributed by atoms with Crippen molar-refractivity contribution in [2.45, 2.75) is 73.7 Å². The van der Waals surface area contributed by atoms with E-state index in [9.17, 15) is 0 Å². The Labute approximate surface area is 181 Å². The number of allylic oxidation sites excluding steroid dienone is 8. The van der Waals surface area contributed by atoms with Gasteiger partial charge in [0.25, 0.3) is 0 Å². The summed E-state index contributed by atoms with van der Waals surface area (Å²) < 4.78 is 2.02. The molecule has 2 saturated carbocycles. The Bertz CT molecular complexity index is 705. The normalized spacial score (nSPS) is 42.2. The number of rotatable bonds is 2. The molecule has 0 heterocycles. The zero-order valence-corrected chi connectivity index (χ0v) is 22.4. The van der Waals surface area contributed by atoms with Crippen molar-refractivity contribution in [1.29, 1.82) is 0 Å². The maximum absolute atomic E-state index is 2.70. The summed E-state index contributed by atoms with van der Waals surface area (Å²) in [5.41, 5.74) is 3.64. The van der Waals surface area contributed by atoms with Crippen LogP contribution in [-0.4, -0.2) is 5.43 Å². The molecule has 28 heavy (non-hydrogen) atoms. The summed E-state index contributed by atoms with van der Waals surface area (Å²) in [5.74, 6) is 5.32. The first-order valence-electron chi connectivity index (χ1n) is 11.8. The van der Waals surface area contributed by atoms with Gasteiger partial charge in [-0.15, -0.1) is 0 Å². The van der Waals surface area contributed by atoms with E-state index < -0.39 is 20.4 Å². The molecule has 4 rings (SSSR count). The molecule has 0 bridgehead atoms. The molecular formula is C26H40SiZr. The zero-order chi connectivity index (χ0) is 20.0. The fourth-order valence-electron chi connectivity index (χ4n) is 7.10. The van der Waals surface area contributed by atoms with Crippen LogP contribution in [0.5, 0.6) is 0 Å². The molecule has 0 aromatic carbocycles. The van der Waals surface area contributed by atoms with Crippen LogP contribution >= 0.6 is 0 Å². The first-order valence-corrected chi connectivity index (χ1v) is 20.8. The summed E-state index contributed by atoms with van der Waals surface area (Å²) in [4.78, 5) is 0. The van der Waals surface area contributed by atoms with Crippen LogP contribution in [0.1, 0.15) is 53.4 Å². The Morgan fingerprint density at radius 1 is 0.714 bits per heavy atom. The third kappa shape index (κ3) is 3.75. The van der Waals surface area contributed by atoms with Gasteiger partial charge in [-0.05, 0) is 0 Å². The number of fused-ring (bicyclic) bond motifs is 2. The van der Waals surface area contributed by atoms with E-state index in [4.69, 9.17) is 0 Å². The van der Waals surface area contributed by atoms with Crippen molar-refractivity contribution in [3.63, 3.8) is 0 Å². The average Bonchev–Trinajstić information content (AvgIpc) is 2.99. The van der Waals surface area contributed by atoms with E-state index in [-0.39, 0.29) is 5.43 Å². The Balaban J connectivity index is 1.77. The van der Waals surface area contributed by atoms with Gasteiger partial charge in [-0.3, -0.25) is 0 Å². The predicted molar refractivity (Wildman–Crippen MR) is 122 cm³/mol. The summed E-state index contributed by atoms with van der Waals surface area (Å²) in [6, 6.07) is 0. The minimum atomic E-state index is -1.66. The van der Waals surface area contributed by atoms with Crippen molar-refractivity contribution in [1.82, 2.24) is 0 Å². The van der Waals surface area contributed by atoms with Crippen molar-refractivity contribution in [2.24, 2.45) is 35.5 Å². The van der Waals surface area contributed by atoms with E-state index in [0.29, 0.717) is 0 Å². The van der Waals surface area contributed by atoms with Crippen LogP contribution in [0.15, 0.2) is 47.6 Å². The first-order chi connectivity index (χ1) is 13.4. The van der Waals surface area contributed by atoms with E-state index in [1.54, 1.807) is 0 Å². The van der Waals surface area contributed by atoms with Crippen molar-refractivity contribution in [2.75, 3.05) is 0 Å². The van der Waals surface area contributed by atoms with Crippen LogP contribution in [0.25, 0.3) is 0 Å². The van der Waals surface area contributed by atoms with Crippen LogP contribution in [0.3, 0.4) is 0 Å². The molecule has 0 nitrogen and oxygen atoms in total. The minimum absolute atomic E-state index is 0.194. The van der Waals surface area contributed by atoms with Gasteiger partial charge >= 0.3 is 183 Å². The predicted octanol–water partition coefficient (Wildman–Crippen LogP) is 7.79. The quantitative estimate of drug-likeness (QED) is 0.360. The third-order valence-corrected chi connectivity index (χ3v) is 29.5. The third-order valence-electron chi connectivity index (χ3n) is 8.45. The number of hydrogen-bond acceptors (Lipinski definition) is 0. The van der Waals surface area contributed by atoms with Crippen LogP contribution in [0.4, 0.5) is 0 Å². The molecule has 152 valence electrons. The van der Waals surface area contributed by atoms with Crippen LogP contribution in [-0.2, 0) is 20.4 Å². The topological polar surface area (TPSA) is 0 Å². The Hall–Kier alpha value is 0.0600. The summed E-state index contributed by atoms with van der Waals surface area (Å²) in [5, 5.41) is 0. The molecule has 0 amide bonds. The molecule has 8 unspecified atom stereocenters. The molecule has 2 fully saturated rings. The summed E-state index contributed by atoms with van der Waals surface area (Å²) in [6.45, 7) is 15.7. The molecule has 0 aromatic heterocycles.